The number of aromatic nitrogens is 1. The lowest BCUT2D eigenvalue weighted by molar-refractivity contribution is 0.250. The van der Waals surface area contributed by atoms with Gasteiger partial charge in [0.2, 0.25) is 0 Å². The monoisotopic (exact) mass is 299 g/mol. The number of hydrogen-bond donors (Lipinski definition) is 2. The molecule has 0 spiro atoms. The molecule has 2 heterocycles. The van der Waals surface area contributed by atoms with Crippen molar-refractivity contribution in [3.63, 3.8) is 0 Å². The van der Waals surface area contributed by atoms with Gasteiger partial charge in [0, 0.05) is 18.5 Å². The normalized spacial score (nSPS) is 10.6. The van der Waals surface area contributed by atoms with E-state index in [9.17, 15) is 4.79 Å². The van der Waals surface area contributed by atoms with Gasteiger partial charge in [-0.2, -0.15) is 0 Å². The number of urea groups is 1. The van der Waals surface area contributed by atoms with E-state index in [4.69, 9.17) is 9.15 Å². The molecule has 2 amide bonds. The lowest BCUT2D eigenvalue weighted by atomic mass is 10.2. The van der Waals surface area contributed by atoms with Crippen LogP contribution in [0.15, 0.2) is 47.1 Å². The fourth-order valence-electron chi connectivity index (χ4n) is 2.30. The molecular weight excluding hydrogens is 282 g/mol. The van der Waals surface area contributed by atoms with Crippen LogP contribution in [-0.4, -0.2) is 17.7 Å². The largest absolute Gasteiger partial charge is 0.497 e. The minimum atomic E-state index is -0.283. The summed E-state index contributed by atoms with van der Waals surface area (Å²) in [6.45, 7) is 0.344. The van der Waals surface area contributed by atoms with Crippen molar-refractivity contribution >= 4 is 22.8 Å². The number of benzene rings is 1. The van der Waals surface area contributed by atoms with E-state index in [1.807, 2.05) is 41.9 Å². The van der Waals surface area contributed by atoms with Crippen LogP contribution in [0.3, 0.4) is 0 Å². The van der Waals surface area contributed by atoms with E-state index in [0.717, 1.165) is 16.7 Å². The Morgan fingerprint density at radius 2 is 2.18 bits per heavy atom. The zero-order valence-corrected chi connectivity index (χ0v) is 12.4. The number of furan rings is 1. The van der Waals surface area contributed by atoms with Crippen LogP contribution < -0.4 is 15.4 Å². The van der Waals surface area contributed by atoms with Gasteiger partial charge in [-0.1, -0.05) is 0 Å². The zero-order chi connectivity index (χ0) is 15.5. The molecule has 0 aliphatic carbocycles. The average molecular weight is 299 g/mol. The van der Waals surface area contributed by atoms with E-state index in [1.165, 1.54) is 0 Å². The Morgan fingerprint density at radius 3 is 2.91 bits per heavy atom. The van der Waals surface area contributed by atoms with E-state index >= 15 is 0 Å². The Bertz CT molecular complexity index is 790. The first-order valence-corrected chi connectivity index (χ1v) is 6.88. The Labute approximate surface area is 127 Å². The molecule has 0 radical (unpaired) electrons. The van der Waals surface area contributed by atoms with Crippen molar-refractivity contribution < 1.29 is 13.9 Å². The van der Waals surface area contributed by atoms with Gasteiger partial charge in [-0.3, -0.25) is 5.32 Å². The molecular formula is C16H17N3O3. The van der Waals surface area contributed by atoms with Gasteiger partial charge in [-0.05, 0) is 30.3 Å². The number of carbonyl (C=O) groups excluding carboxylic acids is 1. The molecule has 0 aliphatic heterocycles. The lowest BCUT2D eigenvalue weighted by Crippen LogP contribution is -2.28. The van der Waals surface area contributed by atoms with Crippen molar-refractivity contribution in [2.45, 2.75) is 6.54 Å². The molecule has 3 rings (SSSR count). The van der Waals surface area contributed by atoms with Crippen LogP contribution >= 0.6 is 0 Å². The number of fused-ring (bicyclic) bond motifs is 1. The fraction of sp³-hybridized carbons (Fsp3) is 0.188. The number of carbonyl (C=O) groups is 1. The van der Waals surface area contributed by atoms with E-state index in [2.05, 4.69) is 10.6 Å². The van der Waals surface area contributed by atoms with Crippen LogP contribution in [0.1, 0.15) is 5.76 Å². The number of ether oxygens (including phenoxy) is 1. The summed E-state index contributed by atoms with van der Waals surface area (Å²) < 4.78 is 12.3. The fourth-order valence-corrected chi connectivity index (χ4v) is 2.30. The molecule has 2 aromatic heterocycles. The molecule has 0 bridgehead atoms. The smallest absolute Gasteiger partial charge is 0.320 e. The minimum absolute atomic E-state index is 0.283. The molecule has 0 saturated carbocycles. The summed E-state index contributed by atoms with van der Waals surface area (Å²) in [6.07, 6.45) is 1.58. The van der Waals surface area contributed by atoms with Gasteiger partial charge in [0.25, 0.3) is 0 Å². The summed E-state index contributed by atoms with van der Waals surface area (Å²) in [5, 5.41) is 6.61. The molecule has 0 fully saturated rings. The highest BCUT2D eigenvalue weighted by molar-refractivity contribution is 5.94. The van der Waals surface area contributed by atoms with E-state index < -0.39 is 0 Å². The number of methoxy groups -OCH3 is 1. The van der Waals surface area contributed by atoms with Crippen molar-refractivity contribution in [2.24, 2.45) is 7.05 Å². The second-order valence-corrected chi connectivity index (χ2v) is 4.90. The maximum Gasteiger partial charge on any atom is 0.320 e. The zero-order valence-electron chi connectivity index (χ0n) is 12.4. The van der Waals surface area contributed by atoms with Crippen molar-refractivity contribution in [3.8, 4) is 5.75 Å². The van der Waals surface area contributed by atoms with Crippen LogP contribution in [0, 0.1) is 0 Å². The maximum atomic E-state index is 12.0. The predicted molar refractivity (Wildman–Crippen MR) is 84.0 cm³/mol. The summed E-state index contributed by atoms with van der Waals surface area (Å²) in [7, 11) is 3.52. The van der Waals surface area contributed by atoms with Crippen LogP contribution in [0.25, 0.3) is 10.9 Å². The SMILES string of the molecule is COc1ccc2cc(NC(=O)NCc3ccco3)n(C)c2c1. The summed E-state index contributed by atoms with van der Waals surface area (Å²) >= 11 is 0. The number of amides is 2. The maximum absolute atomic E-state index is 12.0. The first kappa shape index (κ1) is 14.1. The highest BCUT2D eigenvalue weighted by atomic mass is 16.5. The molecule has 1 aromatic carbocycles. The van der Waals surface area contributed by atoms with Gasteiger partial charge in [-0.25, -0.2) is 4.79 Å². The summed E-state index contributed by atoms with van der Waals surface area (Å²) in [4.78, 5) is 12.0. The van der Waals surface area contributed by atoms with E-state index in [0.29, 0.717) is 18.1 Å². The Kier molecular flexibility index (Phi) is 3.74. The third kappa shape index (κ3) is 2.76. The molecule has 0 saturated heterocycles. The number of rotatable bonds is 4. The van der Waals surface area contributed by atoms with Gasteiger partial charge in [-0.15, -0.1) is 0 Å². The van der Waals surface area contributed by atoms with E-state index in [1.54, 1.807) is 19.4 Å². The molecule has 114 valence electrons. The summed E-state index contributed by atoms with van der Waals surface area (Å²) in [5.41, 5.74) is 0.987. The minimum Gasteiger partial charge on any atom is -0.497 e. The predicted octanol–water partition coefficient (Wildman–Crippen LogP) is 3.10. The second kappa shape index (κ2) is 5.85. The first-order valence-electron chi connectivity index (χ1n) is 6.88. The highest BCUT2D eigenvalue weighted by Gasteiger charge is 2.10. The molecule has 0 aliphatic rings. The molecule has 6 heteroatoms. The molecule has 6 nitrogen and oxygen atoms in total. The summed E-state index contributed by atoms with van der Waals surface area (Å²) in [6, 6.07) is 11.0. The number of anilines is 1. The Hall–Kier alpha value is -2.89. The van der Waals surface area contributed by atoms with Gasteiger partial charge in [0.15, 0.2) is 0 Å². The van der Waals surface area contributed by atoms with Crippen molar-refractivity contribution in [3.05, 3.63) is 48.4 Å². The van der Waals surface area contributed by atoms with Gasteiger partial charge >= 0.3 is 6.03 Å². The molecule has 0 unspecified atom stereocenters. The summed E-state index contributed by atoms with van der Waals surface area (Å²) in [5.74, 6) is 2.19. The lowest BCUT2D eigenvalue weighted by Gasteiger charge is -2.08. The van der Waals surface area contributed by atoms with Gasteiger partial charge in [0.1, 0.15) is 17.3 Å². The Morgan fingerprint density at radius 1 is 1.32 bits per heavy atom. The van der Waals surface area contributed by atoms with Crippen LogP contribution in [0.5, 0.6) is 5.75 Å². The van der Waals surface area contributed by atoms with Crippen LogP contribution in [0.4, 0.5) is 10.6 Å². The van der Waals surface area contributed by atoms with Gasteiger partial charge < -0.3 is 19.0 Å². The number of hydrogen-bond acceptors (Lipinski definition) is 3. The number of nitrogens with zero attached hydrogens (tertiary/aromatic N) is 1. The molecule has 0 atom stereocenters. The quantitative estimate of drug-likeness (QED) is 0.778. The third-order valence-corrected chi connectivity index (χ3v) is 3.50. The van der Waals surface area contributed by atoms with Gasteiger partial charge in [0.05, 0.1) is 25.4 Å². The molecule has 22 heavy (non-hydrogen) atoms. The first-order chi connectivity index (χ1) is 10.7. The van der Waals surface area contributed by atoms with Crippen LogP contribution in [0.2, 0.25) is 0 Å². The number of nitrogens with one attached hydrogen (secondary N) is 2. The standard InChI is InChI=1S/C16H17N3O3/c1-19-14-9-12(21-2)6-5-11(14)8-15(19)18-16(20)17-10-13-4-3-7-22-13/h3-9H,10H2,1-2H3,(H2,17,18,20). The van der Waals surface area contributed by atoms with Crippen molar-refractivity contribution in [1.29, 1.82) is 0 Å². The van der Waals surface area contributed by atoms with Crippen molar-refractivity contribution in [1.82, 2.24) is 9.88 Å². The third-order valence-electron chi connectivity index (χ3n) is 3.50. The second-order valence-electron chi connectivity index (χ2n) is 4.90. The average Bonchev–Trinajstić information content (AvgIpc) is 3.14. The highest BCUT2D eigenvalue weighted by Crippen LogP contribution is 2.26. The molecule has 3 aromatic rings. The van der Waals surface area contributed by atoms with Crippen molar-refractivity contribution in [2.75, 3.05) is 12.4 Å². The number of aryl methyl sites for hydroxylation is 1. The van der Waals surface area contributed by atoms with E-state index in [-0.39, 0.29) is 6.03 Å². The topological polar surface area (TPSA) is 68.4 Å². The van der Waals surface area contributed by atoms with Crippen LogP contribution in [-0.2, 0) is 13.6 Å². The molecule has 2 N–H and O–H groups in total. The Balaban J connectivity index is 1.73.